The molecule has 0 fully saturated rings. The molecule has 13 heavy (non-hydrogen) atoms. The summed E-state index contributed by atoms with van der Waals surface area (Å²) in [5.74, 6) is 5.16. The summed E-state index contributed by atoms with van der Waals surface area (Å²) in [5, 5.41) is 0.990. The zero-order valence-electron chi connectivity index (χ0n) is 7.47. The van der Waals surface area contributed by atoms with Crippen LogP contribution in [0.1, 0.15) is 19.4 Å². The Morgan fingerprint density at radius 2 is 1.92 bits per heavy atom. The number of benzene rings is 1. The monoisotopic (exact) mass is 219 g/mol. The number of halogens is 2. The van der Waals surface area contributed by atoms with Crippen molar-refractivity contribution in [1.82, 2.24) is 0 Å². The Hall–Kier alpha value is -0.280. The Labute approximate surface area is 87.5 Å². The van der Waals surface area contributed by atoms with E-state index < -0.39 is 5.60 Å². The molecule has 0 aliphatic rings. The molecule has 4 heteroatoms. The number of nitrogens with two attached hydrogens (primary N) is 1. The van der Waals surface area contributed by atoms with Gasteiger partial charge in [0.2, 0.25) is 0 Å². The third-order valence-electron chi connectivity index (χ3n) is 1.89. The van der Waals surface area contributed by atoms with Gasteiger partial charge >= 0.3 is 0 Å². The Morgan fingerprint density at radius 1 is 1.31 bits per heavy atom. The maximum absolute atomic E-state index is 5.99. The summed E-state index contributed by atoms with van der Waals surface area (Å²) in [6.45, 7) is 3.65. The normalized spacial score (nSPS) is 11.8. The molecule has 0 heterocycles. The quantitative estimate of drug-likeness (QED) is 0.777. The van der Waals surface area contributed by atoms with E-state index in [4.69, 9.17) is 33.9 Å². The molecule has 0 unspecified atom stereocenters. The molecular weight excluding hydrogens is 209 g/mol. The first-order valence-electron chi connectivity index (χ1n) is 3.81. The minimum Gasteiger partial charge on any atom is -0.294 e. The van der Waals surface area contributed by atoms with E-state index in [0.717, 1.165) is 5.56 Å². The van der Waals surface area contributed by atoms with Gasteiger partial charge in [-0.2, -0.15) is 0 Å². The summed E-state index contributed by atoms with van der Waals surface area (Å²) < 4.78 is 0. The number of rotatable bonds is 2. The fourth-order valence-corrected chi connectivity index (χ4v) is 1.56. The molecule has 0 spiro atoms. The van der Waals surface area contributed by atoms with Crippen LogP contribution in [0.5, 0.6) is 0 Å². The lowest BCUT2D eigenvalue weighted by atomic mass is 9.98. The van der Waals surface area contributed by atoms with Crippen molar-refractivity contribution in [3.63, 3.8) is 0 Å². The van der Waals surface area contributed by atoms with Crippen LogP contribution in [-0.2, 0) is 10.4 Å². The van der Waals surface area contributed by atoms with Crippen molar-refractivity contribution in [3.05, 3.63) is 33.8 Å². The van der Waals surface area contributed by atoms with E-state index in [9.17, 15) is 0 Å². The van der Waals surface area contributed by atoms with Gasteiger partial charge in [0.1, 0.15) is 5.60 Å². The van der Waals surface area contributed by atoms with Crippen molar-refractivity contribution in [2.24, 2.45) is 5.90 Å². The van der Waals surface area contributed by atoms with Crippen molar-refractivity contribution in [2.75, 3.05) is 0 Å². The second-order valence-electron chi connectivity index (χ2n) is 3.23. The highest BCUT2D eigenvalue weighted by Crippen LogP contribution is 2.34. The minimum atomic E-state index is -0.623. The first-order valence-corrected chi connectivity index (χ1v) is 4.57. The van der Waals surface area contributed by atoms with Gasteiger partial charge in [-0.25, -0.2) is 5.90 Å². The standard InChI is InChI=1S/C9H11Cl2NO/c1-9(2,13-12)6-4-3-5-7(10)8(6)11/h3-5H,12H2,1-2H3. The Bertz CT molecular complexity index is 312. The van der Waals surface area contributed by atoms with Gasteiger partial charge in [0.15, 0.2) is 0 Å². The molecule has 0 aromatic heterocycles. The largest absolute Gasteiger partial charge is 0.294 e. The molecule has 1 aromatic carbocycles. The second-order valence-corrected chi connectivity index (χ2v) is 4.01. The van der Waals surface area contributed by atoms with Crippen LogP contribution in [0.4, 0.5) is 0 Å². The average Bonchev–Trinajstić information content (AvgIpc) is 2.09. The molecule has 0 bridgehead atoms. The van der Waals surface area contributed by atoms with Crippen LogP contribution in [-0.4, -0.2) is 0 Å². The SMILES string of the molecule is CC(C)(ON)c1cccc(Cl)c1Cl. The van der Waals surface area contributed by atoms with E-state index in [-0.39, 0.29) is 0 Å². The smallest absolute Gasteiger partial charge is 0.110 e. The molecule has 0 aliphatic carbocycles. The Kier molecular flexibility index (Phi) is 3.19. The summed E-state index contributed by atoms with van der Waals surface area (Å²) in [6.07, 6.45) is 0. The Morgan fingerprint density at radius 3 is 2.46 bits per heavy atom. The topological polar surface area (TPSA) is 35.2 Å². The van der Waals surface area contributed by atoms with Crippen molar-refractivity contribution < 1.29 is 4.84 Å². The molecule has 0 radical (unpaired) electrons. The number of hydrogen-bond donors (Lipinski definition) is 1. The summed E-state index contributed by atoms with van der Waals surface area (Å²) in [5.41, 5.74) is 0.159. The highest BCUT2D eigenvalue weighted by molar-refractivity contribution is 6.42. The zero-order chi connectivity index (χ0) is 10.1. The lowest BCUT2D eigenvalue weighted by Gasteiger charge is -2.23. The van der Waals surface area contributed by atoms with Gasteiger partial charge < -0.3 is 0 Å². The minimum absolute atomic E-state index is 0.486. The predicted molar refractivity (Wildman–Crippen MR) is 54.8 cm³/mol. The molecule has 1 rings (SSSR count). The van der Waals surface area contributed by atoms with Crippen molar-refractivity contribution in [1.29, 1.82) is 0 Å². The summed E-state index contributed by atoms with van der Waals surface area (Å²) >= 11 is 11.8. The van der Waals surface area contributed by atoms with Crippen LogP contribution >= 0.6 is 23.2 Å². The van der Waals surface area contributed by atoms with Crippen LogP contribution in [0.2, 0.25) is 10.0 Å². The van der Waals surface area contributed by atoms with Crippen LogP contribution in [0.15, 0.2) is 18.2 Å². The van der Waals surface area contributed by atoms with Gasteiger partial charge in [-0.1, -0.05) is 35.3 Å². The maximum atomic E-state index is 5.99. The summed E-state index contributed by atoms with van der Waals surface area (Å²) in [4.78, 5) is 4.82. The van der Waals surface area contributed by atoms with Gasteiger partial charge in [-0.15, -0.1) is 0 Å². The molecular formula is C9H11Cl2NO. The fraction of sp³-hybridized carbons (Fsp3) is 0.333. The van der Waals surface area contributed by atoms with E-state index in [2.05, 4.69) is 0 Å². The van der Waals surface area contributed by atoms with Crippen molar-refractivity contribution in [3.8, 4) is 0 Å². The highest BCUT2D eigenvalue weighted by Gasteiger charge is 2.24. The van der Waals surface area contributed by atoms with Crippen LogP contribution < -0.4 is 5.90 Å². The molecule has 72 valence electrons. The average molecular weight is 220 g/mol. The van der Waals surface area contributed by atoms with Gasteiger partial charge in [-0.05, 0) is 19.9 Å². The van der Waals surface area contributed by atoms with Crippen LogP contribution in [0.25, 0.3) is 0 Å². The molecule has 0 saturated heterocycles. The van der Waals surface area contributed by atoms with E-state index in [1.54, 1.807) is 6.07 Å². The molecule has 0 saturated carbocycles. The van der Waals surface area contributed by atoms with Gasteiger partial charge in [0.25, 0.3) is 0 Å². The maximum Gasteiger partial charge on any atom is 0.110 e. The van der Waals surface area contributed by atoms with E-state index in [0.29, 0.717) is 10.0 Å². The van der Waals surface area contributed by atoms with Gasteiger partial charge in [0.05, 0.1) is 10.0 Å². The molecule has 0 amide bonds. The van der Waals surface area contributed by atoms with Crippen molar-refractivity contribution >= 4 is 23.2 Å². The molecule has 0 atom stereocenters. The van der Waals surface area contributed by atoms with E-state index in [1.165, 1.54) is 0 Å². The third kappa shape index (κ3) is 2.15. The molecule has 2 nitrogen and oxygen atoms in total. The fourth-order valence-electron chi connectivity index (χ4n) is 1.03. The third-order valence-corrected chi connectivity index (χ3v) is 2.71. The van der Waals surface area contributed by atoms with Gasteiger partial charge in [-0.3, -0.25) is 4.84 Å². The van der Waals surface area contributed by atoms with E-state index in [1.807, 2.05) is 26.0 Å². The lowest BCUT2D eigenvalue weighted by Crippen LogP contribution is -2.25. The second kappa shape index (κ2) is 3.84. The lowest BCUT2D eigenvalue weighted by molar-refractivity contribution is -0.0235. The highest BCUT2D eigenvalue weighted by atomic mass is 35.5. The Balaban J connectivity index is 3.22. The summed E-state index contributed by atoms with van der Waals surface area (Å²) in [6, 6.07) is 5.37. The number of hydrogen-bond acceptors (Lipinski definition) is 2. The van der Waals surface area contributed by atoms with Crippen LogP contribution in [0, 0.1) is 0 Å². The molecule has 0 aliphatic heterocycles. The molecule has 1 aromatic rings. The first-order chi connectivity index (χ1) is 5.99. The predicted octanol–water partition coefficient (Wildman–Crippen LogP) is 3.12. The molecule has 2 N–H and O–H groups in total. The first kappa shape index (κ1) is 10.8. The van der Waals surface area contributed by atoms with Crippen LogP contribution in [0.3, 0.4) is 0 Å². The van der Waals surface area contributed by atoms with E-state index >= 15 is 0 Å². The van der Waals surface area contributed by atoms with Crippen molar-refractivity contribution in [2.45, 2.75) is 19.4 Å². The summed E-state index contributed by atoms with van der Waals surface area (Å²) in [7, 11) is 0. The zero-order valence-corrected chi connectivity index (χ0v) is 8.99. The van der Waals surface area contributed by atoms with Gasteiger partial charge in [0, 0.05) is 5.56 Å².